The van der Waals surface area contributed by atoms with Gasteiger partial charge in [0.15, 0.2) is 0 Å². The Hall–Kier alpha value is -0.910. The van der Waals surface area contributed by atoms with Gasteiger partial charge in [0.05, 0.1) is 11.4 Å². The van der Waals surface area contributed by atoms with E-state index in [2.05, 4.69) is 22.3 Å². The average molecular weight is 265 g/mol. The maximum absolute atomic E-state index is 5.58. The molecule has 0 saturated heterocycles. The molecule has 90 valence electrons. The van der Waals surface area contributed by atoms with Gasteiger partial charge in [0, 0.05) is 29.1 Å². The Labute approximate surface area is 109 Å². The van der Waals surface area contributed by atoms with E-state index in [1.54, 1.807) is 17.5 Å². The van der Waals surface area contributed by atoms with Crippen molar-refractivity contribution >= 4 is 23.1 Å². The topological polar surface area (TPSA) is 51.8 Å². The van der Waals surface area contributed by atoms with Gasteiger partial charge in [0.25, 0.3) is 0 Å². The first-order chi connectivity index (χ1) is 8.29. The second-order valence-electron chi connectivity index (χ2n) is 3.72. The third-order valence-electron chi connectivity index (χ3n) is 2.28. The molecule has 2 aromatic heterocycles. The summed E-state index contributed by atoms with van der Waals surface area (Å²) in [5.41, 5.74) is 7.64. The SMILES string of the molecule is CC(CN)SCc1csc(-c2ccccn2)n1. The number of pyridine rings is 1. The highest BCUT2D eigenvalue weighted by molar-refractivity contribution is 7.99. The molecule has 17 heavy (non-hydrogen) atoms. The Balaban J connectivity index is 2.01. The summed E-state index contributed by atoms with van der Waals surface area (Å²) in [6.07, 6.45) is 1.79. The maximum atomic E-state index is 5.58. The predicted molar refractivity (Wildman–Crippen MR) is 75.2 cm³/mol. The van der Waals surface area contributed by atoms with Crippen LogP contribution in [0.3, 0.4) is 0 Å². The zero-order valence-electron chi connectivity index (χ0n) is 9.67. The molecule has 0 aliphatic heterocycles. The number of thiazole rings is 1. The molecule has 1 unspecified atom stereocenters. The van der Waals surface area contributed by atoms with Crippen LogP contribution < -0.4 is 5.73 Å². The number of rotatable bonds is 5. The summed E-state index contributed by atoms with van der Waals surface area (Å²) < 4.78 is 0. The predicted octanol–water partition coefficient (Wildman–Crippen LogP) is 2.79. The van der Waals surface area contributed by atoms with Crippen LogP contribution in [0.2, 0.25) is 0 Å². The van der Waals surface area contributed by atoms with Gasteiger partial charge in [-0.25, -0.2) is 4.98 Å². The molecule has 2 heterocycles. The maximum Gasteiger partial charge on any atom is 0.142 e. The molecule has 0 aliphatic rings. The lowest BCUT2D eigenvalue weighted by Crippen LogP contribution is -2.12. The number of aromatic nitrogens is 2. The molecule has 0 amide bonds. The van der Waals surface area contributed by atoms with Crippen molar-refractivity contribution in [3.63, 3.8) is 0 Å². The van der Waals surface area contributed by atoms with E-state index in [1.165, 1.54) is 0 Å². The van der Waals surface area contributed by atoms with Crippen LogP contribution in [0, 0.1) is 0 Å². The lowest BCUT2D eigenvalue weighted by molar-refractivity contribution is 0.949. The molecule has 0 fully saturated rings. The van der Waals surface area contributed by atoms with Crippen molar-refractivity contribution in [2.75, 3.05) is 6.54 Å². The largest absolute Gasteiger partial charge is 0.329 e. The summed E-state index contributed by atoms with van der Waals surface area (Å²) in [6, 6.07) is 5.88. The summed E-state index contributed by atoms with van der Waals surface area (Å²) in [5, 5.41) is 3.57. The van der Waals surface area contributed by atoms with Crippen LogP contribution in [-0.4, -0.2) is 21.8 Å². The van der Waals surface area contributed by atoms with Gasteiger partial charge in [-0.1, -0.05) is 13.0 Å². The number of nitrogens with zero attached hydrogens (tertiary/aromatic N) is 2. The normalized spacial score (nSPS) is 12.6. The van der Waals surface area contributed by atoms with E-state index in [0.717, 1.165) is 22.1 Å². The lowest BCUT2D eigenvalue weighted by Gasteiger charge is -2.05. The van der Waals surface area contributed by atoms with Gasteiger partial charge in [-0.05, 0) is 12.1 Å². The minimum absolute atomic E-state index is 0.481. The van der Waals surface area contributed by atoms with Gasteiger partial charge in [0.2, 0.25) is 0 Å². The van der Waals surface area contributed by atoms with Crippen molar-refractivity contribution in [3.05, 3.63) is 35.5 Å². The first-order valence-electron chi connectivity index (χ1n) is 5.47. The monoisotopic (exact) mass is 265 g/mol. The number of nitrogens with two attached hydrogens (primary N) is 1. The fourth-order valence-corrected chi connectivity index (χ4v) is 2.92. The third-order valence-corrected chi connectivity index (χ3v) is 4.42. The van der Waals surface area contributed by atoms with E-state index in [-0.39, 0.29) is 0 Å². The van der Waals surface area contributed by atoms with E-state index < -0.39 is 0 Å². The van der Waals surface area contributed by atoms with Crippen molar-refractivity contribution < 1.29 is 0 Å². The zero-order valence-corrected chi connectivity index (χ0v) is 11.3. The first kappa shape index (κ1) is 12.5. The van der Waals surface area contributed by atoms with Crippen LogP contribution in [0.5, 0.6) is 0 Å². The van der Waals surface area contributed by atoms with E-state index in [9.17, 15) is 0 Å². The fourth-order valence-electron chi connectivity index (χ4n) is 1.28. The quantitative estimate of drug-likeness (QED) is 0.903. The number of thioether (sulfide) groups is 1. The molecule has 1 atom stereocenters. The highest BCUT2D eigenvalue weighted by atomic mass is 32.2. The Bertz CT molecular complexity index is 456. The molecule has 2 aromatic rings. The van der Waals surface area contributed by atoms with Crippen LogP contribution in [0.4, 0.5) is 0 Å². The first-order valence-corrected chi connectivity index (χ1v) is 7.40. The second kappa shape index (κ2) is 6.14. The van der Waals surface area contributed by atoms with Crippen molar-refractivity contribution in [2.45, 2.75) is 17.9 Å². The molecule has 5 heteroatoms. The standard InChI is InChI=1S/C12H15N3S2/c1-9(6-13)16-7-10-8-17-12(15-10)11-4-2-3-5-14-11/h2-5,8-9H,6-7,13H2,1H3. The Kier molecular flexibility index (Phi) is 4.53. The molecule has 3 nitrogen and oxygen atoms in total. The molecule has 0 spiro atoms. The van der Waals surface area contributed by atoms with Crippen molar-refractivity contribution in [1.29, 1.82) is 0 Å². The van der Waals surface area contributed by atoms with Crippen molar-refractivity contribution in [1.82, 2.24) is 9.97 Å². The van der Waals surface area contributed by atoms with Crippen molar-refractivity contribution in [3.8, 4) is 10.7 Å². The van der Waals surface area contributed by atoms with Gasteiger partial charge in [-0.3, -0.25) is 4.98 Å². The fraction of sp³-hybridized carbons (Fsp3) is 0.333. The highest BCUT2D eigenvalue weighted by Gasteiger charge is 2.07. The summed E-state index contributed by atoms with van der Waals surface area (Å²) >= 11 is 3.48. The van der Waals surface area contributed by atoms with Crippen LogP contribution in [0.25, 0.3) is 10.7 Å². The number of hydrogen-bond donors (Lipinski definition) is 1. The molecule has 0 radical (unpaired) electrons. The van der Waals surface area contributed by atoms with E-state index in [1.807, 2.05) is 30.0 Å². The van der Waals surface area contributed by atoms with Crippen molar-refractivity contribution in [2.24, 2.45) is 5.73 Å². The third kappa shape index (κ3) is 3.52. The molecule has 2 N–H and O–H groups in total. The van der Waals surface area contributed by atoms with Crippen LogP contribution >= 0.6 is 23.1 Å². The number of hydrogen-bond acceptors (Lipinski definition) is 5. The second-order valence-corrected chi connectivity index (χ2v) is 6.00. The van der Waals surface area contributed by atoms with Gasteiger partial charge >= 0.3 is 0 Å². The molecular formula is C12H15N3S2. The highest BCUT2D eigenvalue weighted by Crippen LogP contribution is 2.24. The minimum Gasteiger partial charge on any atom is -0.329 e. The van der Waals surface area contributed by atoms with Gasteiger partial charge < -0.3 is 5.73 Å². The Morgan fingerprint density at radius 2 is 2.35 bits per heavy atom. The lowest BCUT2D eigenvalue weighted by atomic mass is 10.4. The van der Waals surface area contributed by atoms with Gasteiger partial charge in [0.1, 0.15) is 5.01 Å². The minimum atomic E-state index is 0.481. The van der Waals surface area contributed by atoms with Gasteiger partial charge in [-0.15, -0.1) is 11.3 Å². The smallest absolute Gasteiger partial charge is 0.142 e. The van der Waals surface area contributed by atoms with E-state index in [0.29, 0.717) is 11.8 Å². The summed E-state index contributed by atoms with van der Waals surface area (Å²) in [7, 11) is 0. The van der Waals surface area contributed by atoms with Crippen LogP contribution in [0.15, 0.2) is 29.8 Å². The van der Waals surface area contributed by atoms with E-state index in [4.69, 9.17) is 5.73 Å². The van der Waals surface area contributed by atoms with Crippen LogP contribution in [0.1, 0.15) is 12.6 Å². The molecular weight excluding hydrogens is 250 g/mol. The van der Waals surface area contributed by atoms with Crippen LogP contribution in [-0.2, 0) is 5.75 Å². The molecule has 0 saturated carbocycles. The Morgan fingerprint density at radius 1 is 1.47 bits per heavy atom. The van der Waals surface area contributed by atoms with E-state index >= 15 is 0 Å². The molecule has 0 bridgehead atoms. The molecule has 2 rings (SSSR count). The summed E-state index contributed by atoms with van der Waals surface area (Å²) in [5.74, 6) is 0.918. The zero-order chi connectivity index (χ0) is 12.1. The Morgan fingerprint density at radius 3 is 3.06 bits per heavy atom. The summed E-state index contributed by atoms with van der Waals surface area (Å²) in [6.45, 7) is 2.85. The van der Waals surface area contributed by atoms with Gasteiger partial charge in [-0.2, -0.15) is 11.8 Å². The average Bonchev–Trinajstić information content (AvgIpc) is 2.86. The molecule has 0 aliphatic carbocycles. The summed E-state index contributed by atoms with van der Waals surface area (Å²) in [4.78, 5) is 8.88. The molecule has 0 aromatic carbocycles.